The Bertz CT molecular complexity index is 2030. The van der Waals surface area contributed by atoms with Crippen LogP contribution in [0.15, 0.2) is 122 Å². The number of carboxylic acid groups (broad SMARTS) is 1. The van der Waals surface area contributed by atoms with Gasteiger partial charge in [0.2, 0.25) is 0 Å². The van der Waals surface area contributed by atoms with Crippen LogP contribution in [0.4, 0.5) is 4.79 Å². The number of hydrogen-bond acceptors (Lipinski definition) is 6. The van der Waals surface area contributed by atoms with Crippen LogP contribution in [0.3, 0.4) is 0 Å². The Kier molecular flexibility index (Phi) is 9.20. The molecule has 0 spiro atoms. The lowest BCUT2D eigenvalue weighted by atomic mass is 9.96. The first kappa shape index (κ1) is 32.0. The van der Waals surface area contributed by atoms with Gasteiger partial charge >= 0.3 is 6.09 Å². The van der Waals surface area contributed by atoms with Crippen LogP contribution in [0.5, 0.6) is 0 Å². The zero-order valence-corrected chi connectivity index (χ0v) is 27.1. The van der Waals surface area contributed by atoms with Gasteiger partial charge in [0, 0.05) is 71.7 Å². The zero-order valence-electron chi connectivity index (χ0n) is 27.1. The van der Waals surface area contributed by atoms with E-state index in [1.807, 2.05) is 93.6 Å². The predicted molar refractivity (Wildman–Crippen MR) is 186 cm³/mol. The number of hydrogen-bond donors (Lipinski definition) is 1. The summed E-state index contributed by atoms with van der Waals surface area (Å²) in [7, 11) is 0. The molecule has 1 N–H and O–H groups in total. The SMILES string of the molecule is CC(C)(C)N(Cc1ccc(-c2nc3ccnc(CN(Cc4ccncc4)C(=O)c4ccncc4)c3cc2-c2ccccc2)cc1)C(=O)O. The van der Waals surface area contributed by atoms with Gasteiger partial charge < -0.3 is 10.0 Å². The number of rotatable bonds is 9. The monoisotopic (exact) mass is 636 g/mol. The molecule has 2 amide bonds. The molecule has 0 aliphatic rings. The molecule has 0 saturated heterocycles. The third-order valence-electron chi connectivity index (χ3n) is 8.20. The molecule has 0 radical (unpaired) electrons. The topological polar surface area (TPSA) is 112 Å². The molecular formula is C39H36N6O3. The third kappa shape index (κ3) is 7.20. The summed E-state index contributed by atoms with van der Waals surface area (Å²) in [6.45, 7) is 6.57. The molecule has 0 aliphatic heterocycles. The van der Waals surface area contributed by atoms with Crippen LogP contribution in [0.2, 0.25) is 0 Å². The van der Waals surface area contributed by atoms with Crippen LogP contribution in [-0.4, -0.2) is 52.4 Å². The van der Waals surface area contributed by atoms with E-state index < -0.39 is 11.6 Å². The van der Waals surface area contributed by atoms with Crippen molar-refractivity contribution < 1.29 is 14.7 Å². The van der Waals surface area contributed by atoms with Crippen molar-refractivity contribution in [2.45, 2.75) is 45.9 Å². The first-order valence-corrected chi connectivity index (χ1v) is 15.7. The third-order valence-corrected chi connectivity index (χ3v) is 8.20. The minimum absolute atomic E-state index is 0.131. The lowest BCUT2D eigenvalue weighted by Gasteiger charge is -2.33. The summed E-state index contributed by atoms with van der Waals surface area (Å²) in [5.74, 6) is -0.131. The molecule has 0 saturated carbocycles. The van der Waals surface area contributed by atoms with Crippen LogP contribution < -0.4 is 0 Å². The number of nitrogens with zero attached hydrogens (tertiary/aromatic N) is 6. The molecule has 9 heteroatoms. The van der Waals surface area contributed by atoms with E-state index in [1.54, 1.807) is 48.0 Å². The second kappa shape index (κ2) is 13.8. The minimum atomic E-state index is -0.958. The van der Waals surface area contributed by atoms with Gasteiger partial charge in [-0.2, -0.15) is 0 Å². The lowest BCUT2D eigenvalue weighted by molar-refractivity contribution is 0.0728. The maximum Gasteiger partial charge on any atom is 0.408 e. The number of amides is 2. The molecule has 0 atom stereocenters. The van der Waals surface area contributed by atoms with Gasteiger partial charge in [-0.1, -0.05) is 54.6 Å². The molecule has 4 aromatic heterocycles. The minimum Gasteiger partial charge on any atom is -0.465 e. The maximum absolute atomic E-state index is 13.8. The van der Waals surface area contributed by atoms with Crippen LogP contribution in [0.25, 0.3) is 33.3 Å². The summed E-state index contributed by atoms with van der Waals surface area (Å²) in [6, 6.07) is 29.2. The maximum atomic E-state index is 13.8. The molecule has 9 nitrogen and oxygen atoms in total. The Morgan fingerprint density at radius 2 is 1.35 bits per heavy atom. The number of benzene rings is 2. The van der Waals surface area contributed by atoms with Crippen molar-refractivity contribution in [2.24, 2.45) is 0 Å². The van der Waals surface area contributed by atoms with Crippen molar-refractivity contribution in [1.29, 1.82) is 0 Å². The van der Waals surface area contributed by atoms with Gasteiger partial charge in [0.25, 0.3) is 5.91 Å². The molecule has 4 heterocycles. The van der Waals surface area contributed by atoms with Crippen molar-refractivity contribution in [1.82, 2.24) is 29.7 Å². The van der Waals surface area contributed by atoms with Crippen LogP contribution in [-0.2, 0) is 19.6 Å². The molecule has 0 aliphatic carbocycles. The van der Waals surface area contributed by atoms with E-state index in [0.29, 0.717) is 12.1 Å². The first-order valence-electron chi connectivity index (χ1n) is 15.7. The Labute approximate surface area is 279 Å². The van der Waals surface area contributed by atoms with Crippen LogP contribution >= 0.6 is 0 Å². The summed E-state index contributed by atoms with van der Waals surface area (Å²) in [5, 5.41) is 10.6. The Morgan fingerprint density at radius 3 is 2.00 bits per heavy atom. The quantitative estimate of drug-likeness (QED) is 0.172. The van der Waals surface area contributed by atoms with Crippen LogP contribution in [0, 0.1) is 0 Å². The number of carbonyl (C=O) groups is 2. The van der Waals surface area contributed by atoms with Gasteiger partial charge in [0.05, 0.1) is 23.4 Å². The molecule has 6 rings (SSSR count). The molecule has 240 valence electrons. The summed E-state index contributed by atoms with van der Waals surface area (Å²) in [4.78, 5) is 47.1. The van der Waals surface area contributed by atoms with E-state index in [9.17, 15) is 14.7 Å². The van der Waals surface area contributed by atoms with E-state index in [0.717, 1.165) is 50.1 Å². The average Bonchev–Trinajstić information content (AvgIpc) is 3.10. The highest BCUT2D eigenvalue weighted by molar-refractivity contribution is 5.95. The first-order chi connectivity index (χ1) is 23.2. The van der Waals surface area contributed by atoms with Gasteiger partial charge in [0.1, 0.15) is 0 Å². The molecule has 0 bridgehead atoms. The summed E-state index contributed by atoms with van der Waals surface area (Å²) in [6.07, 6.45) is 7.44. The van der Waals surface area contributed by atoms with Gasteiger partial charge in [-0.05, 0) is 73.9 Å². The highest BCUT2D eigenvalue weighted by Gasteiger charge is 2.26. The zero-order chi connectivity index (χ0) is 33.7. The molecule has 48 heavy (non-hydrogen) atoms. The smallest absolute Gasteiger partial charge is 0.408 e. The standard InChI is InChI=1S/C39H36N6O3/c1-39(2,3)45(38(47)48)25-27-9-11-30(12-10-27)36-32(29-7-5-4-6-8-29)23-33-34(43-36)17-22-42-35(33)26-44(24-28-13-18-40-19-14-28)37(46)31-15-20-41-21-16-31/h4-23H,24-26H2,1-3H3,(H,47,48). The van der Waals surface area contributed by atoms with Crippen molar-refractivity contribution in [2.75, 3.05) is 0 Å². The Morgan fingerprint density at radius 1 is 0.708 bits per heavy atom. The fraction of sp³-hybridized carbons (Fsp3) is 0.179. The number of carbonyl (C=O) groups excluding carboxylic acids is 1. The Hall–Kier alpha value is -5.96. The highest BCUT2D eigenvalue weighted by Crippen LogP contribution is 2.35. The van der Waals surface area contributed by atoms with E-state index in [-0.39, 0.29) is 19.0 Å². The molecule has 0 unspecified atom stereocenters. The molecule has 2 aromatic carbocycles. The van der Waals surface area contributed by atoms with E-state index >= 15 is 0 Å². The number of fused-ring (bicyclic) bond motifs is 1. The summed E-state index contributed by atoms with van der Waals surface area (Å²) in [5.41, 5.74) is 6.95. The van der Waals surface area contributed by atoms with E-state index in [2.05, 4.69) is 16.0 Å². The van der Waals surface area contributed by atoms with E-state index in [4.69, 9.17) is 9.97 Å². The van der Waals surface area contributed by atoms with Crippen LogP contribution in [0.1, 0.15) is 48.0 Å². The fourth-order valence-corrected chi connectivity index (χ4v) is 5.65. The normalized spacial score (nSPS) is 11.3. The van der Waals surface area contributed by atoms with Crippen molar-refractivity contribution in [3.8, 4) is 22.4 Å². The highest BCUT2D eigenvalue weighted by atomic mass is 16.4. The van der Waals surface area contributed by atoms with Crippen molar-refractivity contribution >= 4 is 22.9 Å². The average molecular weight is 637 g/mol. The lowest BCUT2D eigenvalue weighted by Crippen LogP contribution is -2.44. The van der Waals surface area contributed by atoms with Gasteiger partial charge in [-0.25, -0.2) is 9.78 Å². The molecular weight excluding hydrogens is 600 g/mol. The van der Waals surface area contributed by atoms with Gasteiger partial charge in [-0.3, -0.25) is 24.6 Å². The second-order valence-electron chi connectivity index (χ2n) is 12.6. The summed E-state index contributed by atoms with van der Waals surface area (Å²) < 4.78 is 0. The fourth-order valence-electron chi connectivity index (χ4n) is 5.65. The number of aromatic nitrogens is 4. The molecule has 0 fully saturated rings. The van der Waals surface area contributed by atoms with Crippen molar-refractivity contribution in [3.63, 3.8) is 0 Å². The second-order valence-corrected chi connectivity index (χ2v) is 12.6. The van der Waals surface area contributed by atoms with E-state index in [1.165, 1.54) is 4.90 Å². The predicted octanol–water partition coefficient (Wildman–Crippen LogP) is 7.87. The summed E-state index contributed by atoms with van der Waals surface area (Å²) >= 11 is 0. The van der Waals surface area contributed by atoms with Gasteiger partial charge in [0.15, 0.2) is 0 Å². The number of pyridine rings is 4. The molecule has 6 aromatic rings. The largest absolute Gasteiger partial charge is 0.465 e. The van der Waals surface area contributed by atoms with Crippen molar-refractivity contribution in [3.05, 3.63) is 144 Å². The van der Waals surface area contributed by atoms with Gasteiger partial charge in [-0.15, -0.1) is 0 Å². The Balaban J connectivity index is 1.41.